The molecular weight excluding hydrogens is 715 g/mol. The average molecular weight is 747 g/mol. The number of benzene rings is 4. The highest BCUT2D eigenvalue weighted by Gasteiger charge is 2.46. The maximum Gasteiger partial charge on any atom is 0.256 e. The molecule has 0 N–H and O–H groups in total. The highest BCUT2D eigenvalue weighted by molar-refractivity contribution is 7.89. The second-order valence-corrected chi connectivity index (χ2v) is 14.9. The van der Waals surface area contributed by atoms with Gasteiger partial charge in [-0.25, -0.2) is 30.4 Å². The van der Waals surface area contributed by atoms with Crippen molar-refractivity contribution in [3.63, 3.8) is 0 Å². The standard InChI is InChI=1S/C37H32ClF5N2O5S/c38-36(46)28-16-15-27(17-29(28)50-21-23-7-3-1-4-8-23)45(18-22-11-13-25(14-12-22)24-9-5-2-6-10-24)37(47)26-19-44(20-26)51(48,49)35-33(42)31(40)30(39)32(41)34(35)43/h1,3-4,7-8,11-17,24,26H,2,5-6,9-10,18-21H2. The van der Waals surface area contributed by atoms with E-state index in [-0.39, 0.29) is 30.2 Å². The van der Waals surface area contributed by atoms with Crippen molar-refractivity contribution in [2.24, 2.45) is 5.92 Å². The van der Waals surface area contributed by atoms with Crippen molar-refractivity contribution < 1.29 is 44.7 Å². The zero-order chi connectivity index (χ0) is 36.4. The first kappa shape index (κ1) is 36.5. The van der Waals surface area contributed by atoms with Crippen molar-refractivity contribution in [3.05, 3.63) is 124 Å². The Morgan fingerprint density at radius 3 is 2.00 bits per heavy atom. The molecule has 1 heterocycles. The van der Waals surface area contributed by atoms with Crippen molar-refractivity contribution in [2.75, 3.05) is 18.0 Å². The van der Waals surface area contributed by atoms with E-state index in [4.69, 9.17) is 16.3 Å². The summed E-state index contributed by atoms with van der Waals surface area (Å²) in [4.78, 5) is 25.8. The monoisotopic (exact) mass is 746 g/mol. The quantitative estimate of drug-likeness (QED) is 0.0669. The van der Waals surface area contributed by atoms with E-state index in [0.717, 1.165) is 36.8 Å². The molecule has 4 aromatic carbocycles. The number of sulfonamides is 1. The van der Waals surface area contributed by atoms with Crippen LogP contribution in [0.25, 0.3) is 0 Å². The van der Waals surface area contributed by atoms with Gasteiger partial charge in [-0.05, 0) is 59.2 Å². The van der Waals surface area contributed by atoms with Crippen LogP contribution in [-0.4, -0.2) is 37.0 Å². The fourth-order valence-electron chi connectivity index (χ4n) is 6.46. The molecule has 6 rings (SSSR count). The van der Waals surface area contributed by atoms with Crippen LogP contribution in [0.1, 0.15) is 65.1 Å². The van der Waals surface area contributed by atoms with Crippen LogP contribution in [0, 0.1) is 35.0 Å². The lowest BCUT2D eigenvalue weighted by atomic mass is 9.84. The lowest BCUT2D eigenvalue weighted by Crippen LogP contribution is -2.56. The summed E-state index contributed by atoms with van der Waals surface area (Å²) in [6, 6.07) is 21.3. The zero-order valence-corrected chi connectivity index (χ0v) is 28.6. The molecule has 7 nitrogen and oxygen atoms in total. The highest BCUT2D eigenvalue weighted by Crippen LogP contribution is 2.36. The van der Waals surface area contributed by atoms with Crippen molar-refractivity contribution in [1.82, 2.24) is 4.31 Å². The molecule has 268 valence electrons. The van der Waals surface area contributed by atoms with Gasteiger partial charge in [0, 0.05) is 24.8 Å². The molecule has 0 radical (unpaired) electrons. The Balaban J connectivity index is 1.29. The van der Waals surface area contributed by atoms with Crippen LogP contribution in [0.3, 0.4) is 0 Å². The second kappa shape index (κ2) is 15.1. The van der Waals surface area contributed by atoms with Crippen molar-refractivity contribution in [3.8, 4) is 5.75 Å². The summed E-state index contributed by atoms with van der Waals surface area (Å²) in [5, 5.41) is -0.797. The molecular formula is C37H32ClF5N2O5S. The van der Waals surface area contributed by atoms with E-state index in [1.165, 1.54) is 35.1 Å². The van der Waals surface area contributed by atoms with Gasteiger partial charge in [-0.1, -0.05) is 73.9 Å². The SMILES string of the molecule is O=C(Cl)c1ccc(N(Cc2ccc(C3CCCCC3)cc2)C(=O)C2CN(S(=O)(=O)c3c(F)c(F)c(F)c(F)c3F)C2)cc1OCc1ccccc1. The van der Waals surface area contributed by atoms with Crippen LogP contribution in [0.5, 0.6) is 5.75 Å². The van der Waals surface area contributed by atoms with Gasteiger partial charge in [0.2, 0.25) is 21.7 Å². The Bertz CT molecular complexity index is 2030. The average Bonchev–Trinajstić information content (AvgIpc) is 3.11. The molecule has 0 unspecified atom stereocenters. The van der Waals surface area contributed by atoms with Gasteiger partial charge in [-0.2, -0.15) is 4.31 Å². The van der Waals surface area contributed by atoms with E-state index in [1.807, 2.05) is 54.6 Å². The zero-order valence-electron chi connectivity index (χ0n) is 27.1. The van der Waals surface area contributed by atoms with Crippen molar-refractivity contribution in [2.45, 2.75) is 56.1 Å². The normalized spacial score (nSPS) is 15.7. The minimum Gasteiger partial charge on any atom is -0.488 e. The Kier molecular flexibility index (Phi) is 10.8. The van der Waals surface area contributed by atoms with E-state index in [9.17, 15) is 40.0 Å². The molecule has 0 bridgehead atoms. The van der Waals surface area contributed by atoms with Crippen LogP contribution in [-0.2, 0) is 28.0 Å². The Morgan fingerprint density at radius 2 is 1.39 bits per heavy atom. The summed E-state index contributed by atoms with van der Waals surface area (Å²) < 4.78 is 103. The third kappa shape index (κ3) is 7.51. The van der Waals surface area contributed by atoms with Gasteiger partial charge >= 0.3 is 0 Å². The fourth-order valence-corrected chi connectivity index (χ4v) is 8.26. The number of carbonyl (C=O) groups excluding carboxylic acids is 2. The highest BCUT2D eigenvalue weighted by atomic mass is 35.5. The van der Waals surface area contributed by atoms with E-state index in [0.29, 0.717) is 10.2 Å². The largest absolute Gasteiger partial charge is 0.488 e. The molecule has 0 spiro atoms. The summed E-state index contributed by atoms with van der Waals surface area (Å²) in [7, 11) is -5.22. The van der Waals surface area contributed by atoms with E-state index < -0.39 is 74.2 Å². The van der Waals surface area contributed by atoms with Crippen LogP contribution in [0.4, 0.5) is 27.6 Å². The lowest BCUT2D eigenvalue weighted by molar-refractivity contribution is -0.125. The summed E-state index contributed by atoms with van der Waals surface area (Å²) in [5.74, 6) is -13.4. The van der Waals surface area contributed by atoms with Crippen LogP contribution >= 0.6 is 11.6 Å². The van der Waals surface area contributed by atoms with Gasteiger partial charge in [-0.15, -0.1) is 0 Å². The van der Waals surface area contributed by atoms with Gasteiger partial charge in [0.05, 0.1) is 18.0 Å². The number of hydrogen-bond acceptors (Lipinski definition) is 5. The molecule has 0 aromatic heterocycles. The molecule has 1 aliphatic carbocycles. The van der Waals surface area contributed by atoms with Gasteiger partial charge < -0.3 is 9.64 Å². The number of nitrogens with zero attached hydrogens (tertiary/aromatic N) is 2. The second-order valence-electron chi connectivity index (χ2n) is 12.6. The number of carbonyl (C=O) groups is 2. The molecule has 14 heteroatoms. The fraction of sp³-hybridized carbons (Fsp3) is 0.297. The van der Waals surface area contributed by atoms with Gasteiger partial charge in [0.15, 0.2) is 28.2 Å². The predicted molar refractivity (Wildman–Crippen MR) is 179 cm³/mol. The van der Waals surface area contributed by atoms with E-state index in [1.54, 1.807) is 0 Å². The molecule has 51 heavy (non-hydrogen) atoms. The molecule has 2 fully saturated rings. The first-order chi connectivity index (χ1) is 24.4. The summed E-state index contributed by atoms with van der Waals surface area (Å²) in [5.41, 5.74) is 3.04. The number of rotatable bonds is 11. The molecule has 1 saturated heterocycles. The first-order valence-electron chi connectivity index (χ1n) is 16.3. The number of anilines is 1. The van der Waals surface area contributed by atoms with E-state index in [2.05, 4.69) is 0 Å². The molecule has 1 saturated carbocycles. The Morgan fingerprint density at radius 1 is 0.784 bits per heavy atom. The smallest absolute Gasteiger partial charge is 0.256 e. The number of halogens is 6. The summed E-state index contributed by atoms with van der Waals surface area (Å²) >= 11 is 5.85. The summed E-state index contributed by atoms with van der Waals surface area (Å²) in [6.07, 6.45) is 5.70. The third-order valence-electron chi connectivity index (χ3n) is 9.35. The van der Waals surface area contributed by atoms with Gasteiger partial charge in [-0.3, -0.25) is 9.59 Å². The molecule has 4 aromatic rings. The molecule has 2 aliphatic rings. The van der Waals surface area contributed by atoms with Gasteiger partial charge in [0.1, 0.15) is 12.4 Å². The van der Waals surface area contributed by atoms with Crippen molar-refractivity contribution >= 4 is 38.5 Å². The molecule has 0 atom stereocenters. The lowest BCUT2D eigenvalue weighted by Gasteiger charge is -2.39. The molecule has 1 aliphatic heterocycles. The number of amides is 1. The summed E-state index contributed by atoms with van der Waals surface area (Å²) in [6.45, 7) is -1.09. The third-order valence-corrected chi connectivity index (χ3v) is 11.4. The molecule has 1 amide bonds. The number of ether oxygens (including phenoxy) is 1. The maximum absolute atomic E-state index is 14.5. The van der Waals surface area contributed by atoms with E-state index >= 15 is 0 Å². The van der Waals surface area contributed by atoms with Crippen LogP contribution in [0.2, 0.25) is 0 Å². The first-order valence-corrected chi connectivity index (χ1v) is 18.1. The van der Waals surface area contributed by atoms with Crippen LogP contribution in [0.15, 0.2) is 77.7 Å². The topological polar surface area (TPSA) is 84.0 Å². The Labute approximate surface area is 296 Å². The predicted octanol–water partition coefficient (Wildman–Crippen LogP) is 8.24. The minimum absolute atomic E-state index is 0.0109. The minimum atomic E-state index is -5.22. The maximum atomic E-state index is 14.5. The Hall–Kier alpha value is -4.33. The van der Waals surface area contributed by atoms with Crippen molar-refractivity contribution in [1.29, 1.82) is 0 Å². The number of hydrogen-bond donors (Lipinski definition) is 0. The van der Waals surface area contributed by atoms with Gasteiger partial charge in [0.25, 0.3) is 5.24 Å². The van der Waals surface area contributed by atoms with Crippen LogP contribution < -0.4 is 9.64 Å².